The third-order valence-electron chi connectivity index (χ3n) is 9.26. The second-order valence-electron chi connectivity index (χ2n) is 11.8. The van der Waals surface area contributed by atoms with Crippen LogP contribution in [0.3, 0.4) is 0 Å². The maximum absolute atomic E-state index is 5.23. The van der Waals surface area contributed by atoms with Crippen molar-refractivity contribution in [2.45, 2.75) is 0 Å². The lowest BCUT2D eigenvalue weighted by Gasteiger charge is -2.16. The van der Waals surface area contributed by atoms with Crippen LogP contribution < -0.4 is 0 Å². The van der Waals surface area contributed by atoms with Crippen LogP contribution in [0.4, 0.5) is 5.69 Å². The van der Waals surface area contributed by atoms with Gasteiger partial charge in [0.1, 0.15) is 0 Å². The summed E-state index contributed by atoms with van der Waals surface area (Å²) in [6.07, 6.45) is 10.8. The fourth-order valence-corrected chi connectivity index (χ4v) is 6.85. The van der Waals surface area contributed by atoms with Crippen LogP contribution in [0, 0.1) is 17.8 Å². The first-order valence-electron chi connectivity index (χ1n) is 15.0. The molecule has 0 amide bonds. The van der Waals surface area contributed by atoms with E-state index in [2.05, 4.69) is 145 Å². The average Bonchev–Trinajstić information content (AvgIpc) is 4.00. The second-order valence-corrected chi connectivity index (χ2v) is 11.8. The number of aliphatic imine (C=N–C) groups is 1. The monoisotopic (exact) mass is 548 g/mol. The summed E-state index contributed by atoms with van der Waals surface area (Å²) in [5.41, 5.74) is 11.9. The first kappa shape index (κ1) is 24.3. The van der Waals surface area contributed by atoms with Gasteiger partial charge in [0.25, 0.3) is 0 Å². The van der Waals surface area contributed by atoms with Crippen molar-refractivity contribution in [1.29, 1.82) is 0 Å². The van der Waals surface area contributed by atoms with Gasteiger partial charge < -0.3 is 0 Å². The van der Waals surface area contributed by atoms with Crippen molar-refractivity contribution in [3.05, 3.63) is 168 Å². The molecule has 2 nitrogen and oxygen atoms in total. The Balaban J connectivity index is 1.07. The van der Waals surface area contributed by atoms with E-state index in [1.807, 2.05) is 12.3 Å². The molecule has 2 bridgehead atoms. The van der Waals surface area contributed by atoms with Gasteiger partial charge in [-0.2, -0.15) is 0 Å². The Morgan fingerprint density at radius 3 is 2.33 bits per heavy atom. The van der Waals surface area contributed by atoms with E-state index < -0.39 is 0 Å². The molecule has 0 N–H and O–H groups in total. The normalized spacial score (nSPS) is 20.2. The highest BCUT2D eigenvalue weighted by molar-refractivity contribution is 6.13. The number of allylic oxidation sites excluding steroid dienone is 5. The number of hydrogen-bond acceptors (Lipinski definition) is 2. The fourth-order valence-electron chi connectivity index (χ4n) is 6.85. The number of nitrogens with zero attached hydrogens (tertiary/aromatic N) is 2. The lowest BCUT2D eigenvalue weighted by Crippen LogP contribution is -2.00. The Morgan fingerprint density at radius 1 is 0.628 bits per heavy atom. The molecule has 2 saturated carbocycles. The quantitative estimate of drug-likeness (QED) is 0.190. The predicted octanol–water partition coefficient (Wildman–Crippen LogP) is 10.1. The first-order chi connectivity index (χ1) is 21.3. The first-order valence-corrected chi connectivity index (χ1v) is 15.0. The zero-order valence-corrected chi connectivity index (χ0v) is 23.6. The summed E-state index contributed by atoms with van der Waals surface area (Å²) in [5, 5.41) is 3.60. The Labute approximate surface area is 251 Å². The lowest BCUT2D eigenvalue weighted by atomic mass is 9.89. The van der Waals surface area contributed by atoms with Crippen LogP contribution >= 0.6 is 0 Å². The molecule has 6 aromatic rings. The maximum atomic E-state index is 5.23. The van der Waals surface area contributed by atoms with E-state index >= 15 is 0 Å². The van der Waals surface area contributed by atoms with E-state index in [1.54, 1.807) is 5.57 Å². The van der Waals surface area contributed by atoms with Gasteiger partial charge in [0.15, 0.2) is 0 Å². The fraction of sp³-hybridized carbons (Fsp3) is 0.0732. The van der Waals surface area contributed by atoms with Crippen LogP contribution in [-0.2, 0) is 0 Å². The molecule has 0 radical (unpaired) electrons. The number of fused-ring (bicyclic) bond motifs is 3. The minimum atomic E-state index is 0.742. The lowest BCUT2D eigenvalue weighted by molar-refractivity contribution is 0.877. The highest BCUT2D eigenvalue weighted by Gasteiger charge is 2.71. The van der Waals surface area contributed by atoms with Crippen molar-refractivity contribution in [2.24, 2.45) is 22.7 Å². The van der Waals surface area contributed by atoms with Gasteiger partial charge in [-0.3, -0.25) is 4.98 Å². The van der Waals surface area contributed by atoms with Gasteiger partial charge in [0.05, 0.1) is 16.9 Å². The Morgan fingerprint density at radius 2 is 1.44 bits per heavy atom. The van der Waals surface area contributed by atoms with E-state index in [1.165, 1.54) is 21.9 Å². The number of para-hydroxylation sites is 1. The summed E-state index contributed by atoms with van der Waals surface area (Å²) >= 11 is 0. The Kier molecular flexibility index (Phi) is 5.42. The van der Waals surface area contributed by atoms with Crippen LogP contribution in [-0.4, -0.2) is 10.7 Å². The zero-order valence-electron chi connectivity index (χ0n) is 23.6. The molecule has 0 saturated heterocycles. The molecule has 1 aromatic heterocycles. The molecule has 2 unspecified atom stereocenters. The molecule has 10 rings (SSSR count). The van der Waals surface area contributed by atoms with E-state index in [-0.39, 0.29) is 0 Å². The van der Waals surface area contributed by atoms with Crippen LogP contribution in [0.15, 0.2) is 156 Å². The predicted molar refractivity (Wildman–Crippen MR) is 179 cm³/mol. The van der Waals surface area contributed by atoms with Gasteiger partial charge in [-0.05, 0) is 81.1 Å². The summed E-state index contributed by atoms with van der Waals surface area (Å²) < 4.78 is 0. The van der Waals surface area contributed by atoms with E-state index in [9.17, 15) is 0 Å². The second kappa shape index (κ2) is 9.61. The molecule has 5 aromatic carbocycles. The summed E-state index contributed by atoms with van der Waals surface area (Å²) in [6, 6.07) is 43.0. The van der Waals surface area contributed by atoms with E-state index in [0.29, 0.717) is 0 Å². The van der Waals surface area contributed by atoms with Crippen LogP contribution in [0.5, 0.6) is 0 Å². The number of pyridine rings is 1. The zero-order chi connectivity index (χ0) is 28.3. The standard InChI is InChI=1S/C41H28N2/c1-2-7-30-24-32(19-18-27(30)6-1)37(43-33-11-3-9-31(25-33)34-20-21-36-39-38(34)40(36)39)22-15-26-13-16-28(17-14-26)35-12-4-8-29-10-5-23-42-41(29)35/h1-25,38-40H/b22-15+,43-37+/t38?,39-,40?/m0/s1. The van der Waals surface area contributed by atoms with E-state index in [4.69, 9.17) is 4.99 Å². The molecule has 202 valence electrons. The smallest absolute Gasteiger partial charge is 0.0780 e. The molecular formula is C41H28N2. The molecule has 1 heterocycles. The summed E-state index contributed by atoms with van der Waals surface area (Å²) in [5.74, 6) is 2.42. The van der Waals surface area contributed by atoms with Crippen molar-refractivity contribution in [3.8, 4) is 11.1 Å². The van der Waals surface area contributed by atoms with Gasteiger partial charge in [-0.25, -0.2) is 4.99 Å². The molecule has 0 spiro atoms. The number of benzene rings is 5. The van der Waals surface area contributed by atoms with Gasteiger partial charge in [-0.1, -0.05) is 121 Å². The number of hydrogen-bond donors (Lipinski definition) is 0. The molecule has 0 aliphatic heterocycles. The topological polar surface area (TPSA) is 25.2 Å². The highest BCUT2D eigenvalue weighted by atomic mass is 14.8. The summed E-state index contributed by atoms with van der Waals surface area (Å²) in [6.45, 7) is 0. The molecular weight excluding hydrogens is 520 g/mol. The number of rotatable bonds is 6. The van der Waals surface area contributed by atoms with Crippen LogP contribution in [0.1, 0.15) is 16.7 Å². The third kappa shape index (κ3) is 4.26. The molecule has 43 heavy (non-hydrogen) atoms. The van der Waals surface area contributed by atoms with Crippen molar-refractivity contribution in [3.63, 3.8) is 0 Å². The summed E-state index contributed by atoms with van der Waals surface area (Å²) in [4.78, 5) is 9.87. The third-order valence-corrected chi connectivity index (χ3v) is 9.26. The molecule has 3 atom stereocenters. The largest absolute Gasteiger partial charge is 0.256 e. The summed E-state index contributed by atoms with van der Waals surface area (Å²) in [7, 11) is 0. The molecule has 2 heteroatoms. The van der Waals surface area contributed by atoms with Crippen molar-refractivity contribution in [2.75, 3.05) is 0 Å². The maximum Gasteiger partial charge on any atom is 0.0780 e. The average molecular weight is 549 g/mol. The van der Waals surface area contributed by atoms with Crippen molar-refractivity contribution >= 4 is 44.7 Å². The van der Waals surface area contributed by atoms with Gasteiger partial charge in [0, 0.05) is 22.7 Å². The molecule has 4 aliphatic rings. The van der Waals surface area contributed by atoms with Crippen LogP contribution in [0.2, 0.25) is 0 Å². The Hall–Kier alpha value is -5.34. The minimum Gasteiger partial charge on any atom is -0.256 e. The van der Waals surface area contributed by atoms with Gasteiger partial charge in [0.2, 0.25) is 0 Å². The van der Waals surface area contributed by atoms with Crippen molar-refractivity contribution in [1.82, 2.24) is 4.98 Å². The van der Waals surface area contributed by atoms with Gasteiger partial charge in [-0.15, -0.1) is 0 Å². The molecule has 4 aliphatic carbocycles. The minimum absolute atomic E-state index is 0.742. The molecule has 2 fully saturated rings. The van der Waals surface area contributed by atoms with Crippen molar-refractivity contribution < 1.29 is 0 Å². The van der Waals surface area contributed by atoms with Crippen LogP contribution in [0.25, 0.3) is 44.5 Å². The van der Waals surface area contributed by atoms with E-state index in [0.717, 1.165) is 62.3 Å². The number of aromatic nitrogens is 1. The Bertz CT molecular complexity index is 2180. The SMILES string of the molecule is C1=C(c2cccc(/N=C(\C=C\c3ccc(-c4cccc5cccnc45)cc3)c3ccc4ccccc4c3)c2)C2C3C(=C1)[C@@H]23. The van der Waals surface area contributed by atoms with Gasteiger partial charge >= 0.3 is 0 Å². The highest BCUT2D eigenvalue weighted by Crippen LogP contribution is 2.78.